The number of anilines is 1. The summed E-state index contributed by atoms with van der Waals surface area (Å²) in [5.41, 5.74) is 1.20. The van der Waals surface area contributed by atoms with Crippen molar-refractivity contribution in [1.29, 1.82) is 0 Å². The first kappa shape index (κ1) is 17.7. The van der Waals surface area contributed by atoms with Crippen LogP contribution in [0.25, 0.3) is 0 Å². The number of hydrogen-bond acceptors (Lipinski definition) is 2. The van der Waals surface area contributed by atoms with E-state index in [-0.39, 0.29) is 30.1 Å². The summed E-state index contributed by atoms with van der Waals surface area (Å²) in [4.78, 5) is 26.1. The fraction of sp³-hybridized carbons (Fsp3) is 0.263. The lowest BCUT2D eigenvalue weighted by molar-refractivity contribution is -0.118. The van der Waals surface area contributed by atoms with Crippen LogP contribution in [0.2, 0.25) is 0 Å². The molecule has 5 heteroatoms. The van der Waals surface area contributed by atoms with Gasteiger partial charge in [0, 0.05) is 30.3 Å². The van der Waals surface area contributed by atoms with E-state index in [0.717, 1.165) is 0 Å². The molecule has 0 aromatic heterocycles. The zero-order valence-electron chi connectivity index (χ0n) is 13.8. The zero-order chi connectivity index (χ0) is 17.5. The Balaban J connectivity index is 1.96. The first-order valence-electron chi connectivity index (χ1n) is 7.93. The van der Waals surface area contributed by atoms with Crippen LogP contribution in [0.4, 0.5) is 10.1 Å². The Hall–Kier alpha value is -2.69. The molecule has 2 aromatic carbocycles. The zero-order valence-corrected chi connectivity index (χ0v) is 13.8. The highest BCUT2D eigenvalue weighted by atomic mass is 19.1. The van der Waals surface area contributed by atoms with Gasteiger partial charge in [0.1, 0.15) is 5.82 Å². The lowest BCUT2D eigenvalue weighted by Crippen LogP contribution is -2.39. The van der Waals surface area contributed by atoms with Crippen LogP contribution < -0.4 is 10.2 Å². The summed E-state index contributed by atoms with van der Waals surface area (Å²) in [7, 11) is 0. The molecule has 2 aromatic rings. The Morgan fingerprint density at radius 3 is 2.29 bits per heavy atom. The summed E-state index contributed by atoms with van der Waals surface area (Å²) in [6.45, 7) is 4.12. The van der Waals surface area contributed by atoms with Gasteiger partial charge in [-0.2, -0.15) is 0 Å². The van der Waals surface area contributed by atoms with Gasteiger partial charge in [-0.3, -0.25) is 9.59 Å². The lowest BCUT2D eigenvalue weighted by atomic mass is 10.1. The maximum absolute atomic E-state index is 13.0. The average molecular weight is 328 g/mol. The summed E-state index contributed by atoms with van der Waals surface area (Å²) in [6, 6.07) is 14.4. The largest absolute Gasteiger partial charge is 0.349 e. The van der Waals surface area contributed by atoms with E-state index < -0.39 is 0 Å². The number of rotatable bonds is 6. The van der Waals surface area contributed by atoms with Crippen LogP contribution in [-0.4, -0.2) is 24.4 Å². The van der Waals surface area contributed by atoms with Gasteiger partial charge in [0.05, 0.1) is 0 Å². The Bertz CT molecular complexity index is 686. The lowest BCUT2D eigenvalue weighted by Gasteiger charge is -2.23. The van der Waals surface area contributed by atoms with Gasteiger partial charge in [-0.25, -0.2) is 4.39 Å². The minimum absolute atomic E-state index is 0.120. The van der Waals surface area contributed by atoms with Crippen molar-refractivity contribution in [3.63, 3.8) is 0 Å². The Morgan fingerprint density at radius 2 is 1.71 bits per heavy atom. The minimum Gasteiger partial charge on any atom is -0.349 e. The van der Waals surface area contributed by atoms with Crippen molar-refractivity contribution in [2.75, 3.05) is 11.4 Å². The highest BCUT2D eigenvalue weighted by Gasteiger charge is 2.18. The highest BCUT2D eigenvalue weighted by molar-refractivity contribution is 5.96. The Kier molecular flexibility index (Phi) is 6.07. The molecule has 0 bridgehead atoms. The van der Waals surface area contributed by atoms with E-state index in [2.05, 4.69) is 5.32 Å². The van der Waals surface area contributed by atoms with Crippen molar-refractivity contribution in [2.45, 2.75) is 26.3 Å². The molecule has 0 fully saturated rings. The van der Waals surface area contributed by atoms with Crippen molar-refractivity contribution < 1.29 is 14.0 Å². The van der Waals surface area contributed by atoms with Crippen molar-refractivity contribution in [2.24, 2.45) is 0 Å². The molecule has 24 heavy (non-hydrogen) atoms. The molecule has 0 aliphatic carbocycles. The molecular formula is C19H21FN2O2. The number of carbonyl (C=O) groups excluding carboxylic acids is 2. The smallest absolute Gasteiger partial charge is 0.251 e. The van der Waals surface area contributed by atoms with Gasteiger partial charge in [0.2, 0.25) is 5.91 Å². The Morgan fingerprint density at radius 1 is 1.08 bits per heavy atom. The first-order valence-corrected chi connectivity index (χ1v) is 7.93. The van der Waals surface area contributed by atoms with Crippen LogP contribution in [0, 0.1) is 5.82 Å². The SMILES string of the molecule is CCN(C(=O)CC(C)NC(=O)c1ccccc1)c1ccc(F)cc1. The third-order valence-electron chi connectivity index (χ3n) is 3.65. The first-order chi connectivity index (χ1) is 11.5. The van der Waals surface area contributed by atoms with Gasteiger partial charge in [0.25, 0.3) is 5.91 Å². The van der Waals surface area contributed by atoms with Gasteiger partial charge in [-0.15, -0.1) is 0 Å². The molecule has 2 rings (SSSR count). The molecular weight excluding hydrogens is 307 g/mol. The van der Waals surface area contributed by atoms with Crippen LogP contribution in [-0.2, 0) is 4.79 Å². The number of halogens is 1. The van der Waals surface area contributed by atoms with E-state index >= 15 is 0 Å². The van der Waals surface area contributed by atoms with Crippen LogP contribution >= 0.6 is 0 Å². The molecule has 2 amide bonds. The predicted octanol–water partition coefficient (Wildman–Crippen LogP) is 3.39. The van der Waals surface area contributed by atoms with Gasteiger partial charge in [0.15, 0.2) is 0 Å². The highest BCUT2D eigenvalue weighted by Crippen LogP contribution is 2.16. The van der Waals surface area contributed by atoms with Crippen molar-refractivity contribution >= 4 is 17.5 Å². The fourth-order valence-electron chi connectivity index (χ4n) is 2.44. The number of amides is 2. The standard InChI is InChI=1S/C19H21FN2O2/c1-3-22(17-11-9-16(20)10-12-17)18(23)13-14(2)21-19(24)15-7-5-4-6-8-15/h4-12,14H,3,13H2,1-2H3,(H,21,24). The number of nitrogens with one attached hydrogen (secondary N) is 1. The molecule has 1 atom stereocenters. The summed E-state index contributed by atoms with van der Waals surface area (Å²) in [6.07, 6.45) is 0.170. The third kappa shape index (κ3) is 4.65. The molecule has 0 aliphatic heterocycles. The summed E-state index contributed by atoms with van der Waals surface area (Å²) >= 11 is 0. The van der Waals surface area contributed by atoms with Crippen molar-refractivity contribution in [3.05, 3.63) is 66.0 Å². The maximum Gasteiger partial charge on any atom is 0.251 e. The summed E-state index contributed by atoms with van der Waals surface area (Å²) in [5.74, 6) is -0.670. The fourth-order valence-corrected chi connectivity index (χ4v) is 2.44. The van der Waals surface area contributed by atoms with E-state index in [9.17, 15) is 14.0 Å². The molecule has 0 aliphatic rings. The number of carbonyl (C=O) groups is 2. The third-order valence-corrected chi connectivity index (χ3v) is 3.65. The second-order valence-corrected chi connectivity index (χ2v) is 5.56. The van der Waals surface area contributed by atoms with Gasteiger partial charge in [-0.1, -0.05) is 18.2 Å². The second-order valence-electron chi connectivity index (χ2n) is 5.56. The van der Waals surface area contributed by atoms with E-state index in [1.54, 1.807) is 48.2 Å². The van der Waals surface area contributed by atoms with E-state index in [0.29, 0.717) is 17.8 Å². The second kappa shape index (κ2) is 8.24. The van der Waals surface area contributed by atoms with Crippen molar-refractivity contribution in [1.82, 2.24) is 5.32 Å². The molecule has 0 saturated heterocycles. The molecule has 1 unspecified atom stereocenters. The molecule has 0 heterocycles. The molecule has 126 valence electrons. The van der Waals surface area contributed by atoms with Crippen LogP contribution in [0.15, 0.2) is 54.6 Å². The van der Waals surface area contributed by atoms with Gasteiger partial charge < -0.3 is 10.2 Å². The molecule has 0 spiro atoms. The number of nitrogens with zero attached hydrogens (tertiary/aromatic N) is 1. The summed E-state index contributed by atoms with van der Waals surface area (Å²) < 4.78 is 13.0. The normalized spacial score (nSPS) is 11.6. The molecule has 0 saturated carbocycles. The van der Waals surface area contributed by atoms with Crippen LogP contribution in [0.1, 0.15) is 30.6 Å². The van der Waals surface area contributed by atoms with E-state index in [4.69, 9.17) is 0 Å². The van der Waals surface area contributed by atoms with Crippen molar-refractivity contribution in [3.8, 4) is 0 Å². The van der Waals surface area contributed by atoms with Gasteiger partial charge >= 0.3 is 0 Å². The summed E-state index contributed by atoms with van der Waals surface area (Å²) in [5, 5.41) is 2.82. The minimum atomic E-state index is -0.342. The average Bonchev–Trinajstić information content (AvgIpc) is 2.58. The Labute approximate surface area is 141 Å². The molecule has 4 nitrogen and oxygen atoms in total. The van der Waals surface area contributed by atoms with Crippen LogP contribution in [0.5, 0.6) is 0 Å². The van der Waals surface area contributed by atoms with E-state index in [1.807, 2.05) is 13.0 Å². The quantitative estimate of drug-likeness (QED) is 0.884. The number of hydrogen-bond donors (Lipinski definition) is 1. The number of benzene rings is 2. The molecule has 0 radical (unpaired) electrons. The maximum atomic E-state index is 13.0. The van der Waals surface area contributed by atoms with Gasteiger partial charge in [-0.05, 0) is 50.2 Å². The monoisotopic (exact) mass is 328 g/mol. The predicted molar refractivity (Wildman–Crippen MR) is 92.4 cm³/mol. The van der Waals surface area contributed by atoms with Crippen LogP contribution in [0.3, 0.4) is 0 Å². The molecule has 1 N–H and O–H groups in total. The topological polar surface area (TPSA) is 49.4 Å². The van der Waals surface area contributed by atoms with E-state index in [1.165, 1.54) is 12.1 Å².